The van der Waals surface area contributed by atoms with E-state index in [1.807, 2.05) is 0 Å². The third-order valence-corrected chi connectivity index (χ3v) is 3.14. The Morgan fingerprint density at radius 3 is 2.70 bits per heavy atom. The lowest BCUT2D eigenvalue weighted by Gasteiger charge is -2.31. The molecule has 1 atom stereocenters. The van der Waals surface area contributed by atoms with Crippen LogP contribution >= 0.6 is 0 Å². The van der Waals surface area contributed by atoms with Crippen LogP contribution in [-0.2, 0) is 19.3 Å². The van der Waals surface area contributed by atoms with E-state index in [4.69, 9.17) is 9.57 Å². The van der Waals surface area contributed by atoms with Gasteiger partial charge in [-0.3, -0.25) is 19.3 Å². The van der Waals surface area contributed by atoms with Crippen LogP contribution in [0.4, 0.5) is 5.69 Å². The highest BCUT2D eigenvalue weighted by Gasteiger charge is 2.36. The van der Waals surface area contributed by atoms with E-state index in [0.29, 0.717) is 17.0 Å². The van der Waals surface area contributed by atoms with E-state index in [2.05, 4.69) is 10.3 Å². The molecule has 1 N–H and O–H groups in total. The molecule has 1 aromatic rings. The Labute approximate surface area is 116 Å². The minimum Gasteiger partial charge on any atom is -0.497 e. The molecule has 0 radical (unpaired) electrons. The number of methoxy groups -OCH3 is 1. The van der Waals surface area contributed by atoms with E-state index in [9.17, 15) is 9.59 Å². The normalized spacial score (nSPS) is 17.6. The SMILES string of the molecule is CONC(=O)C1CC(=O)N(OC)c2ccc(OC)cc21. The van der Waals surface area contributed by atoms with Gasteiger partial charge in [-0.25, -0.2) is 5.48 Å². The Balaban J connectivity index is 2.48. The van der Waals surface area contributed by atoms with Gasteiger partial charge in [0.1, 0.15) is 5.75 Å². The van der Waals surface area contributed by atoms with Gasteiger partial charge in [0.05, 0.1) is 32.9 Å². The maximum Gasteiger partial charge on any atom is 0.252 e. The Morgan fingerprint density at radius 1 is 1.35 bits per heavy atom. The van der Waals surface area contributed by atoms with Crippen LogP contribution in [0.25, 0.3) is 0 Å². The molecule has 0 saturated carbocycles. The number of nitrogens with one attached hydrogen (secondary N) is 1. The van der Waals surface area contributed by atoms with Crippen molar-refractivity contribution in [2.45, 2.75) is 12.3 Å². The number of nitrogens with zero attached hydrogens (tertiary/aromatic N) is 1. The fraction of sp³-hybridized carbons (Fsp3) is 0.385. The third kappa shape index (κ3) is 2.45. The van der Waals surface area contributed by atoms with Gasteiger partial charge in [-0.1, -0.05) is 0 Å². The number of hydrogen-bond donors (Lipinski definition) is 1. The summed E-state index contributed by atoms with van der Waals surface area (Å²) in [5.74, 6) is -0.712. The summed E-state index contributed by atoms with van der Waals surface area (Å²) in [6.45, 7) is 0. The molecule has 7 heteroatoms. The quantitative estimate of drug-likeness (QED) is 0.824. The molecule has 0 fully saturated rings. The summed E-state index contributed by atoms with van der Waals surface area (Å²) in [5, 5.41) is 1.17. The van der Waals surface area contributed by atoms with Crippen molar-refractivity contribution in [3.05, 3.63) is 23.8 Å². The number of carbonyl (C=O) groups excluding carboxylic acids is 2. The van der Waals surface area contributed by atoms with Gasteiger partial charge in [-0.05, 0) is 23.8 Å². The number of fused-ring (bicyclic) bond motifs is 1. The molecule has 1 aliphatic heterocycles. The zero-order valence-corrected chi connectivity index (χ0v) is 11.5. The summed E-state index contributed by atoms with van der Waals surface area (Å²) in [6.07, 6.45) is 0.00318. The van der Waals surface area contributed by atoms with Crippen molar-refractivity contribution in [2.75, 3.05) is 26.4 Å². The largest absolute Gasteiger partial charge is 0.497 e. The first kappa shape index (κ1) is 14.3. The van der Waals surface area contributed by atoms with Gasteiger partial charge in [0.2, 0.25) is 0 Å². The van der Waals surface area contributed by atoms with Crippen molar-refractivity contribution in [1.82, 2.24) is 5.48 Å². The van der Waals surface area contributed by atoms with Crippen LogP contribution in [0, 0.1) is 0 Å². The maximum absolute atomic E-state index is 12.0. The van der Waals surface area contributed by atoms with Crippen LogP contribution in [0.1, 0.15) is 17.9 Å². The first-order valence-corrected chi connectivity index (χ1v) is 6.00. The minimum atomic E-state index is -0.640. The number of anilines is 1. The van der Waals surface area contributed by atoms with E-state index in [-0.39, 0.29) is 18.2 Å². The molecule has 0 spiro atoms. The van der Waals surface area contributed by atoms with Crippen LogP contribution < -0.4 is 15.3 Å². The highest BCUT2D eigenvalue weighted by molar-refractivity contribution is 6.01. The fourth-order valence-corrected chi connectivity index (χ4v) is 2.23. The first-order chi connectivity index (χ1) is 9.62. The topological polar surface area (TPSA) is 77.1 Å². The van der Waals surface area contributed by atoms with Crippen molar-refractivity contribution in [3.8, 4) is 5.75 Å². The maximum atomic E-state index is 12.0. The highest BCUT2D eigenvalue weighted by atomic mass is 16.7. The first-order valence-electron chi connectivity index (χ1n) is 6.00. The average Bonchev–Trinajstić information content (AvgIpc) is 2.46. The van der Waals surface area contributed by atoms with Gasteiger partial charge in [-0.15, -0.1) is 0 Å². The van der Waals surface area contributed by atoms with Crippen LogP contribution in [0.2, 0.25) is 0 Å². The zero-order valence-electron chi connectivity index (χ0n) is 11.5. The molecule has 1 unspecified atom stereocenters. The number of benzene rings is 1. The number of carbonyl (C=O) groups is 2. The Bertz CT molecular complexity index is 531. The summed E-state index contributed by atoms with van der Waals surface area (Å²) in [7, 11) is 4.28. The summed E-state index contributed by atoms with van der Waals surface area (Å²) in [5.41, 5.74) is 3.44. The monoisotopic (exact) mass is 280 g/mol. The molecular formula is C13H16N2O5. The standard InChI is InChI=1S/C13H16N2O5/c1-18-8-4-5-11-9(6-8)10(13(17)14-19-2)7-12(16)15(11)20-3/h4-6,10H,7H2,1-3H3,(H,14,17). The van der Waals surface area contributed by atoms with Crippen LogP contribution in [0.3, 0.4) is 0 Å². The lowest BCUT2D eigenvalue weighted by molar-refractivity contribution is -0.136. The van der Waals surface area contributed by atoms with Crippen LogP contribution in [-0.4, -0.2) is 33.1 Å². The summed E-state index contributed by atoms with van der Waals surface area (Å²) in [6, 6.07) is 5.10. The molecule has 108 valence electrons. The molecule has 1 aliphatic rings. The third-order valence-electron chi connectivity index (χ3n) is 3.14. The molecule has 20 heavy (non-hydrogen) atoms. The summed E-state index contributed by atoms with van der Waals surface area (Å²) >= 11 is 0. The fourth-order valence-electron chi connectivity index (χ4n) is 2.23. The van der Waals surface area contributed by atoms with Crippen molar-refractivity contribution in [2.24, 2.45) is 0 Å². The number of hydroxylamine groups is 2. The number of ether oxygens (including phenoxy) is 1. The average molecular weight is 280 g/mol. The van der Waals surface area contributed by atoms with Crippen LogP contribution in [0.15, 0.2) is 18.2 Å². The molecule has 7 nitrogen and oxygen atoms in total. The van der Waals surface area contributed by atoms with Crippen molar-refractivity contribution in [3.63, 3.8) is 0 Å². The highest BCUT2D eigenvalue weighted by Crippen LogP contribution is 2.38. The van der Waals surface area contributed by atoms with Gasteiger partial charge < -0.3 is 4.74 Å². The summed E-state index contributed by atoms with van der Waals surface area (Å²) < 4.78 is 5.16. The van der Waals surface area contributed by atoms with Crippen molar-refractivity contribution < 1.29 is 24.0 Å². The molecule has 0 bridgehead atoms. The molecular weight excluding hydrogens is 264 g/mol. The molecule has 0 saturated heterocycles. The van der Waals surface area contributed by atoms with Gasteiger partial charge in [0.15, 0.2) is 0 Å². The molecule has 0 aliphatic carbocycles. The van der Waals surface area contributed by atoms with E-state index in [1.54, 1.807) is 18.2 Å². The molecule has 0 aromatic heterocycles. The second kappa shape index (κ2) is 5.89. The van der Waals surface area contributed by atoms with Crippen molar-refractivity contribution >= 4 is 17.5 Å². The van der Waals surface area contributed by atoms with Crippen LogP contribution in [0.5, 0.6) is 5.75 Å². The second-order valence-electron chi connectivity index (χ2n) is 4.22. The van der Waals surface area contributed by atoms with Gasteiger partial charge in [0, 0.05) is 6.42 Å². The van der Waals surface area contributed by atoms with Gasteiger partial charge in [-0.2, -0.15) is 5.06 Å². The lowest BCUT2D eigenvalue weighted by atomic mass is 9.89. The lowest BCUT2D eigenvalue weighted by Crippen LogP contribution is -2.40. The zero-order chi connectivity index (χ0) is 14.7. The van der Waals surface area contributed by atoms with E-state index in [1.165, 1.54) is 26.4 Å². The van der Waals surface area contributed by atoms with Gasteiger partial charge in [0.25, 0.3) is 11.8 Å². The number of hydrogen-bond acceptors (Lipinski definition) is 5. The Kier molecular flexibility index (Phi) is 4.21. The summed E-state index contributed by atoms with van der Waals surface area (Å²) in [4.78, 5) is 33.7. The molecule has 2 amide bonds. The van der Waals surface area contributed by atoms with Crippen molar-refractivity contribution in [1.29, 1.82) is 0 Å². The predicted octanol–water partition coefficient (Wildman–Crippen LogP) is 0.754. The van der Waals surface area contributed by atoms with Gasteiger partial charge >= 0.3 is 0 Å². The minimum absolute atomic E-state index is 0.00318. The van der Waals surface area contributed by atoms with E-state index in [0.717, 1.165) is 0 Å². The smallest absolute Gasteiger partial charge is 0.252 e. The second-order valence-corrected chi connectivity index (χ2v) is 4.22. The number of amides is 2. The molecule has 1 aromatic carbocycles. The number of rotatable bonds is 4. The Hall–Kier alpha value is -2.12. The molecule has 1 heterocycles. The molecule has 2 rings (SSSR count). The predicted molar refractivity (Wildman–Crippen MR) is 70.0 cm³/mol. The van der Waals surface area contributed by atoms with E-state index >= 15 is 0 Å². The Morgan fingerprint density at radius 2 is 2.10 bits per heavy atom. The van der Waals surface area contributed by atoms with E-state index < -0.39 is 5.92 Å².